The van der Waals surface area contributed by atoms with Gasteiger partial charge in [0.25, 0.3) is 5.91 Å². The first kappa shape index (κ1) is 9.71. The Bertz CT molecular complexity index is 452. The molecular weight excluding hydrogens is 192 g/mol. The van der Waals surface area contributed by atoms with Crippen LogP contribution < -0.4 is 4.90 Å². The molecule has 0 aromatic carbocycles. The standard InChI is InChI=1S/C11H12N2O2/c1-7-3-4-12-9(5-7)13-6-8(2)10(14)11(13)15/h3-5,14H,6H2,1-2H3. The minimum absolute atomic E-state index is 0.154. The Morgan fingerprint density at radius 1 is 1.47 bits per heavy atom. The van der Waals surface area contributed by atoms with Crippen molar-refractivity contribution < 1.29 is 9.90 Å². The SMILES string of the molecule is CC1=C(O)C(=O)N(c2cc(C)ccn2)C1. The number of amides is 1. The number of carbonyl (C=O) groups is 1. The third-order valence-electron chi connectivity index (χ3n) is 2.42. The van der Waals surface area contributed by atoms with E-state index in [1.807, 2.05) is 19.1 Å². The number of aliphatic hydroxyl groups excluding tert-OH is 1. The highest BCUT2D eigenvalue weighted by atomic mass is 16.3. The predicted molar refractivity (Wildman–Crippen MR) is 56.7 cm³/mol. The van der Waals surface area contributed by atoms with Gasteiger partial charge in [-0.2, -0.15) is 0 Å². The fraction of sp³-hybridized carbons (Fsp3) is 0.273. The van der Waals surface area contributed by atoms with E-state index in [1.165, 1.54) is 4.90 Å². The van der Waals surface area contributed by atoms with Crippen LogP contribution in [-0.2, 0) is 4.79 Å². The van der Waals surface area contributed by atoms with E-state index in [1.54, 1.807) is 13.1 Å². The first-order valence-corrected chi connectivity index (χ1v) is 4.73. The number of aromatic nitrogens is 1. The maximum Gasteiger partial charge on any atom is 0.294 e. The Morgan fingerprint density at radius 2 is 2.20 bits per heavy atom. The summed E-state index contributed by atoms with van der Waals surface area (Å²) < 4.78 is 0. The summed E-state index contributed by atoms with van der Waals surface area (Å²) in [5.41, 5.74) is 1.72. The second-order valence-corrected chi connectivity index (χ2v) is 3.71. The number of anilines is 1. The van der Waals surface area contributed by atoms with E-state index < -0.39 is 0 Å². The third kappa shape index (κ3) is 1.58. The van der Waals surface area contributed by atoms with E-state index in [-0.39, 0.29) is 11.7 Å². The molecular formula is C11H12N2O2. The highest BCUT2D eigenvalue weighted by Crippen LogP contribution is 2.22. The van der Waals surface area contributed by atoms with Crippen molar-refractivity contribution in [2.75, 3.05) is 11.4 Å². The average molecular weight is 204 g/mol. The predicted octanol–water partition coefficient (Wildman–Crippen LogP) is 1.57. The van der Waals surface area contributed by atoms with Crippen LogP contribution in [0, 0.1) is 6.92 Å². The van der Waals surface area contributed by atoms with Crippen molar-refractivity contribution in [3.63, 3.8) is 0 Å². The number of aliphatic hydroxyl groups is 1. The second kappa shape index (κ2) is 3.38. The highest BCUT2D eigenvalue weighted by Gasteiger charge is 2.29. The summed E-state index contributed by atoms with van der Waals surface area (Å²) in [6, 6.07) is 3.69. The molecule has 4 heteroatoms. The van der Waals surface area contributed by atoms with Crippen LogP contribution in [0.1, 0.15) is 12.5 Å². The maximum atomic E-state index is 11.6. The van der Waals surface area contributed by atoms with E-state index in [4.69, 9.17) is 0 Å². The molecule has 2 rings (SSSR count). The molecule has 1 aromatic rings. The van der Waals surface area contributed by atoms with Gasteiger partial charge in [0.2, 0.25) is 0 Å². The summed E-state index contributed by atoms with van der Waals surface area (Å²) in [5.74, 6) is 0.0623. The van der Waals surface area contributed by atoms with Crippen LogP contribution in [0.15, 0.2) is 29.7 Å². The summed E-state index contributed by atoms with van der Waals surface area (Å²) >= 11 is 0. The van der Waals surface area contributed by atoms with Crippen LogP contribution in [-0.4, -0.2) is 22.5 Å². The van der Waals surface area contributed by atoms with Crippen LogP contribution in [0.5, 0.6) is 0 Å². The molecule has 4 nitrogen and oxygen atoms in total. The van der Waals surface area contributed by atoms with Crippen molar-refractivity contribution in [1.29, 1.82) is 0 Å². The van der Waals surface area contributed by atoms with E-state index in [9.17, 15) is 9.90 Å². The van der Waals surface area contributed by atoms with Gasteiger partial charge in [-0.3, -0.25) is 9.69 Å². The zero-order valence-electron chi connectivity index (χ0n) is 8.69. The van der Waals surface area contributed by atoms with Crippen molar-refractivity contribution in [2.45, 2.75) is 13.8 Å². The Balaban J connectivity index is 2.33. The molecule has 0 saturated carbocycles. The fourth-order valence-corrected chi connectivity index (χ4v) is 1.55. The molecule has 0 aliphatic carbocycles. The third-order valence-corrected chi connectivity index (χ3v) is 2.42. The van der Waals surface area contributed by atoms with E-state index in [2.05, 4.69) is 4.98 Å². The lowest BCUT2D eigenvalue weighted by atomic mass is 10.3. The Hall–Kier alpha value is -1.84. The molecule has 0 atom stereocenters. The molecule has 0 bridgehead atoms. The van der Waals surface area contributed by atoms with Crippen molar-refractivity contribution in [3.05, 3.63) is 35.2 Å². The van der Waals surface area contributed by atoms with Crippen LogP contribution >= 0.6 is 0 Å². The summed E-state index contributed by atoms with van der Waals surface area (Å²) in [6.45, 7) is 4.09. The molecule has 0 unspecified atom stereocenters. The van der Waals surface area contributed by atoms with E-state index in [0.29, 0.717) is 17.9 Å². The van der Waals surface area contributed by atoms with Gasteiger partial charge in [-0.05, 0) is 37.1 Å². The number of nitrogens with zero attached hydrogens (tertiary/aromatic N) is 2. The number of rotatable bonds is 1. The number of carbonyl (C=O) groups excluding carboxylic acids is 1. The molecule has 0 spiro atoms. The zero-order chi connectivity index (χ0) is 11.0. The van der Waals surface area contributed by atoms with Crippen molar-refractivity contribution in [1.82, 2.24) is 4.98 Å². The summed E-state index contributed by atoms with van der Waals surface area (Å²) in [5, 5.41) is 9.43. The first-order chi connectivity index (χ1) is 7.09. The minimum atomic E-state index is -0.370. The Morgan fingerprint density at radius 3 is 2.73 bits per heavy atom. The molecule has 2 heterocycles. The Kier molecular flexibility index (Phi) is 2.19. The van der Waals surface area contributed by atoms with Gasteiger partial charge in [-0.1, -0.05) is 0 Å². The maximum absolute atomic E-state index is 11.6. The summed E-state index contributed by atoms with van der Waals surface area (Å²) in [7, 11) is 0. The van der Waals surface area contributed by atoms with Crippen molar-refractivity contribution in [2.24, 2.45) is 0 Å². The number of pyridine rings is 1. The smallest absolute Gasteiger partial charge is 0.294 e. The second-order valence-electron chi connectivity index (χ2n) is 3.71. The lowest BCUT2D eigenvalue weighted by Crippen LogP contribution is -2.27. The minimum Gasteiger partial charge on any atom is -0.503 e. The van der Waals surface area contributed by atoms with Gasteiger partial charge in [0.1, 0.15) is 5.82 Å². The first-order valence-electron chi connectivity index (χ1n) is 4.73. The van der Waals surface area contributed by atoms with Gasteiger partial charge < -0.3 is 5.11 Å². The molecule has 0 fully saturated rings. The van der Waals surface area contributed by atoms with Gasteiger partial charge >= 0.3 is 0 Å². The van der Waals surface area contributed by atoms with Gasteiger partial charge in [-0.25, -0.2) is 4.98 Å². The summed E-state index contributed by atoms with van der Waals surface area (Å²) in [4.78, 5) is 17.2. The molecule has 1 aromatic heterocycles. The van der Waals surface area contributed by atoms with Gasteiger partial charge in [0.15, 0.2) is 5.76 Å². The topological polar surface area (TPSA) is 53.4 Å². The molecule has 15 heavy (non-hydrogen) atoms. The van der Waals surface area contributed by atoms with Crippen LogP contribution in [0.2, 0.25) is 0 Å². The lowest BCUT2D eigenvalue weighted by Gasteiger charge is -2.14. The van der Waals surface area contributed by atoms with Crippen molar-refractivity contribution in [3.8, 4) is 0 Å². The van der Waals surface area contributed by atoms with Crippen molar-refractivity contribution >= 4 is 11.7 Å². The molecule has 0 saturated heterocycles. The van der Waals surface area contributed by atoms with Crippen LogP contribution in [0.3, 0.4) is 0 Å². The largest absolute Gasteiger partial charge is 0.503 e. The normalized spacial score (nSPS) is 16.4. The number of aryl methyl sites for hydroxylation is 1. The monoisotopic (exact) mass is 204 g/mol. The Labute approximate surface area is 87.9 Å². The molecule has 1 amide bonds. The molecule has 1 aliphatic heterocycles. The average Bonchev–Trinajstić information content (AvgIpc) is 2.46. The van der Waals surface area contributed by atoms with E-state index >= 15 is 0 Å². The van der Waals surface area contributed by atoms with Crippen LogP contribution in [0.4, 0.5) is 5.82 Å². The van der Waals surface area contributed by atoms with Gasteiger partial charge in [0, 0.05) is 6.20 Å². The zero-order valence-corrected chi connectivity index (χ0v) is 8.69. The molecule has 0 radical (unpaired) electrons. The fourth-order valence-electron chi connectivity index (χ4n) is 1.55. The quantitative estimate of drug-likeness (QED) is 0.755. The van der Waals surface area contributed by atoms with Gasteiger partial charge in [0.05, 0.1) is 6.54 Å². The van der Waals surface area contributed by atoms with Gasteiger partial charge in [-0.15, -0.1) is 0 Å². The number of hydrogen-bond acceptors (Lipinski definition) is 3. The molecule has 1 aliphatic rings. The summed E-state index contributed by atoms with van der Waals surface area (Å²) in [6.07, 6.45) is 1.66. The molecule has 1 N–H and O–H groups in total. The number of hydrogen-bond donors (Lipinski definition) is 1. The molecule has 78 valence electrons. The lowest BCUT2D eigenvalue weighted by molar-refractivity contribution is -0.116. The van der Waals surface area contributed by atoms with E-state index in [0.717, 1.165) is 5.56 Å². The van der Waals surface area contributed by atoms with Crippen LogP contribution in [0.25, 0.3) is 0 Å². The highest BCUT2D eigenvalue weighted by molar-refractivity contribution is 6.06.